The van der Waals surface area contributed by atoms with Crippen LogP contribution in [0.1, 0.15) is 21.7 Å². The van der Waals surface area contributed by atoms with Crippen LogP contribution in [0.25, 0.3) is 5.82 Å². The lowest BCUT2D eigenvalue weighted by molar-refractivity contribution is 0.0949. The van der Waals surface area contributed by atoms with Crippen LogP contribution < -0.4 is 11.2 Å². The van der Waals surface area contributed by atoms with E-state index in [2.05, 4.69) is 46.0 Å². The molecule has 1 aromatic carbocycles. The zero-order valence-corrected chi connectivity index (χ0v) is 18.5. The lowest BCUT2D eigenvalue weighted by atomic mass is 10.2. The Morgan fingerprint density at radius 2 is 2.09 bits per heavy atom. The monoisotopic (exact) mass is 493 g/mol. The average Bonchev–Trinajstić information content (AvgIpc) is 3.48. The van der Waals surface area contributed by atoms with Gasteiger partial charge in [0.15, 0.2) is 10.9 Å². The van der Waals surface area contributed by atoms with E-state index >= 15 is 0 Å². The molecule has 16 heteroatoms. The van der Waals surface area contributed by atoms with Gasteiger partial charge in [-0.1, -0.05) is 46.2 Å². The maximum absolute atomic E-state index is 12.8. The topological polar surface area (TPSA) is 168 Å². The van der Waals surface area contributed by atoms with E-state index in [1.807, 2.05) is 0 Å². The molecule has 3 aromatic heterocycles. The largest absolute Gasteiger partial charge is 0.378 e. The van der Waals surface area contributed by atoms with E-state index in [1.165, 1.54) is 22.7 Å². The zero-order valence-electron chi connectivity index (χ0n) is 16.2. The molecule has 0 spiro atoms. The summed E-state index contributed by atoms with van der Waals surface area (Å²) in [7, 11) is 1.79. The van der Waals surface area contributed by atoms with Crippen LogP contribution in [-0.2, 0) is 12.8 Å². The number of nitrogen functional groups attached to an aromatic ring is 1. The summed E-state index contributed by atoms with van der Waals surface area (Å²) in [6.07, 6.45) is 2.89. The Balaban J connectivity index is 1.60. The smallest absolute Gasteiger partial charge is 0.293 e. The van der Waals surface area contributed by atoms with Crippen molar-refractivity contribution in [3.63, 3.8) is 0 Å². The number of nitrogens with zero attached hydrogens (tertiary/aromatic N) is 9. The number of hydrogen-bond donors (Lipinski definition) is 2. The predicted octanol–water partition coefficient (Wildman–Crippen LogP) is 1.72. The van der Waals surface area contributed by atoms with Crippen molar-refractivity contribution in [2.45, 2.75) is 10.9 Å². The summed E-state index contributed by atoms with van der Waals surface area (Å²) in [5, 5.41) is 28.3. The van der Waals surface area contributed by atoms with Crippen molar-refractivity contribution in [1.82, 2.24) is 45.5 Å². The van der Waals surface area contributed by atoms with Crippen molar-refractivity contribution in [3.8, 4) is 5.82 Å². The highest BCUT2D eigenvalue weighted by atomic mass is 35.5. The Bertz CT molecular complexity index is 1280. The molecule has 0 saturated heterocycles. The van der Waals surface area contributed by atoms with Crippen LogP contribution in [0.2, 0.25) is 10.0 Å². The van der Waals surface area contributed by atoms with Crippen molar-refractivity contribution >= 4 is 52.9 Å². The van der Waals surface area contributed by atoms with Gasteiger partial charge in [-0.05, 0) is 22.4 Å². The molecule has 0 aliphatic heterocycles. The number of thioether (sulfide) groups is 1. The summed E-state index contributed by atoms with van der Waals surface area (Å²) in [5.74, 6) is -0.317. The zero-order chi connectivity index (χ0) is 22.7. The van der Waals surface area contributed by atoms with E-state index in [0.29, 0.717) is 26.5 Å². The standard InChI is InChI=1S/C16H13Cl2N11O2S/c1-28-7-21-24-16(28)32-6-11-12(22-27-29(11)14-13(19)25-31-26-14)15(30)23-20-5-8-9(17)3-2-4-10(8)18/h2-5,7H,6H2,1H3,(H2,19,25)(H,23,30). The van der Waals surface area contributed by atoms with E-state index < -0.39 is 5.91 Å². The molecule has 0 aliphatic carbocycles. The van der Waals surface area contributed by atoms with Crippen LogP contribution in [0.3, 0.4) is 0 Å². The number of carbonyl (C=O) groups is 1. The molecular weight excluding hydrogens is 481 g/mol. The summed E-state index contributed by atoms with van der Waals surface area (Å²) < 4.78 is 7.62. The summed E-state index contributed by atoms with van der Waals surface area (Å²) in [5.41, 5.74) is 8.97. The average molecular weight is 494 g/mol. The van der Waals surface area contributed by atoms with Crippen molar-refractivity contribution in [2.24, 2.45) is 12.1 Å². The Morgan fingerprint density at radius 1 is 1.31 bits per heavy atom. The summed E-state index contributed by atoms with van der Waals surface area (Å²) in [6, 6.07) is 5.01. The molecule has 1 amide bonds. The maximum Gasteiger partial charge on any atom is 0.293 e. The molecule has 0 unspecified atom stereocenters. The molecule has 0 bridgehead atoms. The van der Waals surface area contributed by atoms with Gasteiger partial charge < -0.3 is 10.3 Å². The SMILES string of the molecule is Cn1cnnc1SCc1c(C(=O)NN=Cc2c(Cl)cccc2Cl)nnn1-c1nonc1N. The number of amides is 1. The highest BCUT2D eigenvalue weighted by Gasteiger charge is 2.24. The van der Waals surface area contributed by atoms with Crippen LogP contribution in [0.15, 0.2) is 39.4 Å². The lowest BCUT2D eigenvalue weighted by Crippen LogP contribution is -2.20. The highest BCUT2D eigenvalue weighted by molar-refractivity contribution is 7.98. The van der Waals surface area contributed by atoms with Gasteiger partial charge in [-0.2, -0.15) is 9.78 Å². The Kier molecular flexibility index (Phi) is 6.34. The van der Waals surface area contributed by atoms with Gasteiger partial charge in [0.2, 0.25) is 11.6 Å². The first-order chi connectivity index (χ1) is 15.5. The number of aromatic nitrogens is 8. The van der Waals surface area contributed by atoms with Gasteiger partial charge in [0.25, 0.3) is 5.91 Å². The quantitative estimate of drug-likeness (QED) is 0.219. The molecule has 4 rings (SSSR count). The molecule has 3 heterocycles. The fraction of sp³-hybridized carbons (Fsp3) is 0.125. The minimum Gasteiger partial charge on any atom is -0.378 e. The van der Waals surface area contributed by atoms with Gasteiger partial charge in [-0.3, -0.25) is 4.79 Å². The Labute approximate surface area is 193 Å². The van der Waals surface area contributed by atoms with E-state index in [1.54, 1.807) is 36.1 Å². The van der Waals surface area contributed by atoms with E-state index in [-0.39, 0.29) is 23.1 Å². The number of aryl methyl sites for hydroxylation is 1. The second-order valence-corrected chi connectivity index (χ2v) is 7.87. The number of benzene rings is 1. The van der Waals surface area contributed by atoms with Crippen LogP contribution in [0, 0.1) is 0 Å². The van der Waals surface area contributed by atoms with Crippen molar-refractivity contribution in [1.29, 1.82) is 0 Å². The predicted molar refractivity (Wildman–Crippen MR) is 116 cm³/mol. The van der Waals surface area contributed by atoms with E-state index in [0.717, 1.165) is 0 Å². The maximum atomic E-state index is 12.8. The fourth-order valence-electron chi connectivity index (χ4n) is 2.49. The minimum atomic E-state index is -0.626. The van der Waals surface area contributed by atoms with Gasteiger partial charge in [-0.15, -0.1) is 15.3 Å². The normalized spacial score (nSPS) is 11.3. The van der Waals surface area contributed by atoms with Crippen molar-refractivity contribution in [3.05, 3.63) is 51.5 Å². The number of anilines is 1. The molecule has 0 aliphatic rings. The van der Waals surface area contributed by atoms with Crippen LogP contribution in [0.4, 0.5) is 5.82 Å². The Hall–Kier alpha value is -3.49. The van der Waals surface area contributed by atoms with Crippen molar-refractivity contribution in [2.75, 3.05) is 5.73 Å². The molecule has 0 atom stereocenters. The number of halogens is 2. The third-order valence-electron chi connectivity index (χ3n) is 4.04. The molecule has 0 saturated carbocycles. The number of hydrogen-bond acceptors (Lipinski definition) is 11. The third kappa shape index (κ3) is 4.42. The second-order valence-electron chi connectivity index (χ2n) is 6.12. The van der Waals surface area contributed by atoms with Gasteiger partial charge in [-0.25, -0.2) is 10.1 Å². The molecule has 13 nitrogen and oxygen atoms in total. The van der Waals surface area contributed by atoms with E-state index in [9.17, 15) is 4.79 Å². The summed E-state index contributed by atoms with van der Waals surface area (Å²) in [6.45, 7) is 0. The molecule has 0 radical (unpaired) electrons. The first kappa shape index (κ1) is 21.7. The second kappa shape index (κ2) is 9.33. The van der Waals surface area contributed by atoms with Crippen molar-refractivity contribution < 1.29 is 9.42 Å². The lowest BCUT2D eigenvalue weighted by Gasteiger charge is -2.05. The molecular formula is C16H13Cl2N11O2S. The van der Waals surface area contributed by atoms with Crippen LogP contribution >= 0.6 is 35.0 Å². The number of hydrazone groups is 1. The van der Waals surface area contributed by atoms with Gasteiger partial charge >= 0.3 is 0 Å². The summed E-state index contributed by atoms with van der Waals surface area (Å²) in [4.78, 5) is 12.8. The number of rotatable bonds is 7. The number of carbonyl (C=O) groups excluding carboxylic acids is 1. The Morgan fingerprint density at radius 3 is 2.75 bits per heavy atom. The highest BCUT2D eigenvalue weighted by Crippen LogP contribution is 2.25. The van der Waals surface area contributed by atoms with Crippen LogP contribution in [-0.4, -0.2) is 52.2 Å². The molecule has 0 fully saturated rings. The van der Waals surface area contributed by atoms with E-state index in [4.69, 9.17) is 28.9 Å². The summed E-state index contributed by atoms with van der Waals surface area (Å²) >= 11 is 13.5. The van der Waals surface area contributed by atoms with Gasteiger partial charge in [0.05, 0.1) is 22.0 Å². The van der Waals surface area contributed by atoms with Gasteiger partial charge in [0, 0.05) is 18.4 Å². The number of nitrogens with two attached hydrogens (primary N) is 1. The third-order valence-corrected chi connectivity index (χ3v) is 5.75. The van der Waals surface area contributed by atoms with Crippen LogP contribution in [0.5, 0.6) is 0 Å². The van der Waals surface area contributed by atoms with Gasteiger partial charge in [0.1, 0.15) is 6.33 Å². The molecule has 4 aromatic rings. The minimum absolute atomic E-state index is 0.00975. The molecule has 32 heavy (non-hydrogen) atoms. The fourth-order valence-corrected chi connectivity index (χ4v) is 3.87. The number of nitrogens with one attached hydrogen (secondary N) is 1. The first-order valence-corrected chi connectivity index (χ1v) is 10.5. The first-order valence-electron chi connectivity index (χ1n) is 8.73. The molecule has 164 valence electrons. The molecule has 3 N–H and O–H groups in total.